The van der Waals surface area contributed by atoms with Gasteiger partial charge >= 0.3 is 13.6 Å². The first-order valence-corrected chi connectivity index (χ1v) is 13.7. The molecular weight excluding hydrogens is 459 g/mol. The molecule has 1 aromatic carbocycles. The number of ketones is 1. The Kier molecular flexibility index (Phi) is 11.4. The number of nitrogens with two attached hydrogens (primary N) is 1. The molecule has 10 heteroatoms. The molecule has 0 aromatic heterocycles. The third-order valence-electron chi connectivity index (χ3n) is 6.16. The van der Waals surface area contributed by atoms with Gasteiger partial charge in [-0.25, -0.2) is 4.79 Å². The number of rotatable bonds is 15. The lowest BCUT2D eigenvalue weighted by Crippen LogP contribution is -2.46. The van der Waals surface area contributed by atoms with E-state index in [9.17, 15) is 28.9 Å². The standard InChI is InChI=1S/C24H37N2O7P/c1-2-3-12-19(17-21(27)18-10-5-4-6-11-18)34(31,32)33-22(14-7-8-15-25)23(28)26-16-9-13-20(26)24(29)30/h4-6,10-11,19-20,22H,2-3,7-9,12-17,25H2,1H3,(H,29,30)(H,31,32)/t19?,20-,22-/m0/s1. The van der Waals surface area contributed by atoms with Crippen molar-refractivity contribution >= 4 is 25.3 Å². The number of Topliss-reactive ketones (excluding diaryl/α,β-unsaturated/α-hetero) is 1. The van der Waals surface area contributed by atoms with Gasteiger partial charge in [0.15, 0.2) is 5.78 Å². The van der Waals surface area contributed by atoms with Crippen LogP contribution in [0.2, 0.25) is 0 Å². The fraction of sp³-hybridized carbons (Fsp3) is 0.625. The highest BCUT2D eigenvalue weighted by molar-refractivity contribution is 7.53. The number of aliphatic carboxylic acids is 1. The topological polar surface area (TPSA) is 147 Å². The number of carboxylic acids is 1. The number of hydrogen-bond acceptors (Lipinski definition) is 6. The molecular formula is C24H37N2O7P. The van der Waals surface area contributed by atoms with Crippen LogP contribution in [0.15, 0.2) is 30.3 Å². The van der Waals surface area contributed by atoms with Gasteiger partial charge in [-0.15, -0.1) is 0 Å². The molecule has 4 N–H and O–H groups in total. The molecule has 0 spiro atoms. The molecule has 0 bridgehead atoms. The van der Waals surface area contributed by atoms with Crippen LogP contribution >= 0.6 is 7.60 Å². The molecule has 2 unspecified atom stereocenters. The molecule has 34 heavy (non-hydrogen) atoms. The van der Waals surface area contributed by atoms with Gasteiger partial charge < -0.3 is 20.6 Å². The zero-order valence-electron chi connectivity index (χ0n) is 19.8. The Morgan fingerprint density at radius 1 is 1.18 bits per heavy atom. The third-order valence-corrected chi connectivity index (χ3v) is 8.08. The predicted octanol–water partition coefficient (Wildman–Crippen LogP) is 3.59. The Bertz CT molecular complexity index is 864. The molecule has 0 radical (unpaired) electrons. The molecule has 1 aromatic rings. The van der Waals surface area contributed by atoms with Gasteiger partial charge in [-0.3, -0.25) is 18.7 Å². The lowest BCUT2D eigenvalue weighted by molar-refractivity contribution is -0.151. The molecule has 0 aliphatic carbocycles. The van der Waals surface area contributed by atoms with Crippen molar-refractivity contribution < 1.29 is 33.5 Å². The van der Waals surface area contributed by atoms with Crippen LogP contribution < -0.4 is 5.73 Å². The van der Waals surface area contributed by atoms with E-state index in [1.165, 1.54) is 4.90 Å². The Labute approximate surface area is 201 Å². The van der Waals surface area contributed by atoms with Crippen molar-refractivity contribution in [1.82, 2.24) is 4.90 Å². The van der Waals surface area contributed by atoms with E-state index in [1.54, 1.807) is 30.3 Å². The number of hydrogen-bond donors (Lipinski definition) is 3. The van der Waals surface area contributed by atoms with Crippen molar-refractivity contribution in [3.63, 3.8) is 0 Å². The van der Waals surface area contributed by atoms with Gasteiger partial charge in [0.25, 0.3) is 5.91 Å². The summed E-state index contributed by atoms with van der Waals surface area (Å²) in [5.41, 5.74) is 5.05. The second-order valence-electron chi connectivity index (χ2n) is 8.76. The molecule has 1 heterocycles. The normalized spacial score (nSPS) is 19.4. The Morgan fingerprint density at radius 2 is 1.88 bits per heavy atom. The molecule has 9 nitrogen and oxygen atoms in total. The van der Waals surface area contributed by atoms with Crippen LogP contribution in [-0.4, -0.2) is 63.5 Å². The maximum absolute atomic E-state index is 13.4. The van der Waals surface area contributed by atoms with E-state index < -0.39 is 37.3 Å². The Hall–Kier alpha value is -2.06. The smallest absolute Gasteiger partial charge is 0.332 e. The third kappa shape index (κ3) is 8.01. The number of nitrogens with zero attached hydrogens (tertiary/aromatic N) is 1. The second-order valence-corrected chi connectivity index (χ2v) is 10.8. The number of carbonyl (C=O) groups is 3. The van der Waals surface area contributed by atoms with E-state index in [4.69, 9.17) is 10.3 Å². The number of unbranched alkanes of at least 4 members (excludes halogenated alkanes) is 2. The number of carbonyl (C=O) groups excluding carboxylic acids is 2. The Morgan fingerprint density at radius 3 is 2.50 bits per heavy atom. The first-order valence-electron chi connectivity index (χ1n) is 12.0. The van der Waals surface area contributed by atoms with E-state index in [-0.39, 0.29) is 25.2 Å². The van der Waals surface area contributed by atoms with E-state index >= 15 is 0 Å². The molecule has 4 atom stereocenters. The fourth-order valence-corrected chi connectivity index (χ4v) is 5.85. The van der Waals surface area contributed by atoms with E-state index in [0.29, 0.717) is 50.6 Å². The van der Waals surface area contributed by atoms with Gasteiger partial charge in [0.05, 0.1) is 5.66 Å². The monoisotopic (exact) mass is 496 g/mol. The van der Waals surface area contributed by atoms with Gasteiger partial charge in [-0.1, -0.05) is 50.1 Å². The van der Waals surface area contributed by atoms with Crippen molar-refractivity contribution in [3.05, 3.63) is 35.9 Å². The Balaban J connectivity index is 2.23. The van der Waals surface area contributed by atoms with Crippen molar-refractivity contribution in [3.8, 4) is 0 Å². The van der Waals surface area contributed by atoms with Crippen LogP contribution in [0.5, 0.6) is 0 Å². The van der Waals surface area contributed by atoms with Gasteiger partial charge in [0, 0.05) is 18.5 Å². The van der Waals surface area contributed by atoms with E-state index in [2.05, 4.69) is 0 Å². The second kappa shape index (κ2) is 13.7. The highest BCUT2D eigenvalue weighted by atomic mass is 31.2. The number of amides is 1. The van der Waals surface area contributed by atoms with Crippen LogP contribution in [0.3, 0.4) is 0 Å². The summed E-state index contributed by atoms with van der Waals surface area (Å²) >= 11 is 0. The molecule has 1 aliphatic heterocycles. The summed E-state index contributed by atoms with van der Waals surface area (Å²) in [5, 5.41) is 9.46. The SMILES string of the molecule is CCCCC(CC(=O)c1ccccc1)P(=O)(O)O[C@@H](CCCCN)C(=O)N1CCC[C@H]1C(=O)O. The summed E-state index contributed by atoms with van der Waals surface area (Å²) in [6, 6.07) is 7.57. The highest BCUT2D eigenvalue weighted by Crippen LogP contribution is 2.53. The molecule has 1 fully saturated rings. The van der Waals surface area contributed by atoms with Crippen molar-refractivity contribution in [2.75, 3.05) is 13.1 Å². The quantitative estimate of drug-likeness (QED) is 0.190. The summed E-state index contributed by atoms with van der Waals surface area (Å²) < 4.78 is 19.1. The number of carboxylic acid groups (broad SMARTS) is 1. The van der Waals surface area contributed by atoms with Crippen molar-refractivity contribution in [2.24, 2.45) is 5.73 Å². The molecule has 1 aliphatic rings. The number of likely N-dealkylation sites (tertiary alicyclic amines) is 1. The average molecular weight is 497 g/mol. The first-order chi connectivity index (χ1) is 16.2. The summed E-state index contributed by atoms with van der Waals surface area (Å²) in [7, 11) is -4.40. The average Bonchev–Trinajstić information content (AvgIpc) is 3.31. The maximum Gasteiger partial charge on any atom is 0.332 e. The lowest BCUT2D eigenvalue weighted by Gasteiger charge is -2.30. The van der Waals surface area contributed by atoms with Gasteiger partial charge in [0.2, 0.25) is 0 Å². The van der Waals surface area contributed by atoms with Crippen LogP contribution in [0, 0.1) is 0 Å². The molecule has 0 saturated carbocycles. The molecule has 2 rings (SSSR count). The lowest BCUT2D eigenvalue weighted by atomic mass is 10.0. The fourth-order valence-electron chi connectivity index (χ4n) is 4.21. The van der Waals surface area contributed by atoms with Gasteiger partial charge in [0.1, 0.15) is 12.1 Å². The zero-order chi connectivity index (χ0) is 25.1. The van der Waals surface area contributed by atoms with Gasteiger partial charge in [-0.2, -0.15) is 0 Å². The summed E-state index contributed by atoms with van der Waals surface area (Å²) in [6.07, 6.45) is 2.35. The predicted molar refractivity (Wildman–Crippen MR) is 129 cm³/mol. The van der Waals surface area contributed by atoms with E-state index in [0.717, 1.165) is 6.42 Å². The molecule has 1 amide bonds. The number of benzene rings is 1. The summed E-state index contributed by atoms with van der Waals surface area (Å²) in [4.78, 5) is 49.8. The van der Waals surface area contributed by atoms with Crippen LogP contribution in [0.25, 0.3) is 0 Å². The first kappa shape index (κ1) is 28.2. The van der Waals surface area contributed by atoms with Crippen LogP contribution in [0.1, 0.15) is 75.1 Å². The van der Waals surface area contributed by atoms with E-state index in [1.807, 2.05) is 6.92 Å². The van der Waals surface area contributed by atoms with Gasteiger partial charge in [-0.05, 0) is 45.1 Å². The van der Waals surface area contributed by atoms with Crippen LogP contribution in [0.4, 0.5) is 0 Å². The minimum atomic E-state index is -4.40. The molecule has 1 saturated heterocycles. The van der Waals surface area contributed by atoms with Crippen molar-refractivity contribution in [2.45, 2.75) is 82.5 Å². The van der Waals surface area contributed by atoms with Crippen LogP contribution in [-0.2, 0) is 18.7 Å². The summed E-state index contributed by atoms with van der Waals surface area (Å²) in [5.74, 6) is -1.97. The minimum absolute atomic E-state index is 0.149. The van der Waals surface area contributed by atoms with Crippen molar-refractivity contribution in [1.29, 1.82) is 0 Å². The summed E-state index contributed by atoms with van der Waals surface area (Å²) in [6.45, 7) is 2.59. The highest BCUT2D eigenvalue weighted by Gasteiger charge is 2.42. The maximum atomic E-state index is 13.4. The zero-order valence-corrected chi connectivity index (χ0v) is 20.7. The largest absolute Gasteiger partial charge is 0.480 e. The minimum Gasteiger partial charge on any atom is -0.480 e. The molecule has 190 valence electrons.